The van der Waals surface area contributed by atoms with Crippen LogP contribution in [0.4, 0.5) is 4.79 Å². The van der Waals surface area contributed by atoms with Crippen LogP contribution in [0.2, 0.25) is 0 Å². The number of hydrogen-bond donors (Lipinski definition) is 3. The van der Waals surface area contributed by atoms with Crippen molar-refractivity contribution in [3.8, 4) is 11.5 Å². The molecule has 0 bridgehead atoms. The number of rotatable bonds is 9. The Morgan fingerprint density at radius 3 is 2.70 bits per heavy atom. The van der Waals surface area contributed by atoms with E-state index in [0.29, 0.717) is 25.9 Å². The molecular formula is C28H34N4O5. The van der Waals surface area contributed by atoms with Gasteiger partial charge in [-0.15, -0.1) is 0 Å². The number of methoxy groups -OCH3 is 1. The number of amides is 3. The molecule has 9 nitrogen and oxygen atoms in total. The van der Waals surface area contributed by atoms with Crippen molar-refractivity contribution in [2.75, 3.05) is 39.9 Å². The first-order valence-corrected chi connectivity index (χ1v) is 12.8. The van der Waals surface area contributed by atoms with Gasteiger partial charge in [-0.2, -0.15) is 0 Å². The molecule has 1 unspecified atom stereocenters. The smallest absolute Gasteiger partial charge is 0.328 e. The molecule has 3 amide bonds. The van der Waals surface area contributed by atoms with E-state index in [0.717, 1.165) is 40.0 Å². The van der Waals surface area contributed by atoms with Crippen molar-refractivity contribution in [1.82, 2.24) is 19.7 Å². The Morgan fingerprint density at radius 1 is 1.19 bits per heavy atom. The average Bonchev–Trinajstić information content (AvgIpc) is 3.33. The summed E-state index contributed by atoms with van der Waals surface area (Å²) in [6, 6.07) is 12.1. The van der Waals surface area contributed by atoms with Gasteiger partial charge in [-0.3, -0.25) is 14.6 Å². The molecular weight excluding hydrogens is 472 g/mol. The first-order chi connectivity index (χ1) is 17.8. The van der Waals surface area contributed by atoms with Crippen molar-refractivity contribution in [1.29, 1.82) is 0 Å². The number of aliphatic hydroxyl groups excluding tert-OH is 1. The molecule has 0 aliphatic carbocycles. The molecule has 1 fully saturated rings. The van der Waals surface area contributed by atoms with E-state index in [9.17, 15) is 19.8 Å². The summed E-state index contributed by atoms with van der Waals surface area (Å²) in [5.41, 5.74) is 2.67. The Kier molecular flexibility index (Phi) is 6.59. The number of ether oxygens (including phenoxy) is 1. The van der Waals surface area contributed by atoms with Gasteiger partial charge in [-0.25, -0.2) is 4.79 Å². The summed E-state index contributed by atoms with van der Waals surface area (Å²) < 4.78 is 5.47. The summed E-state index contributed by atoms with van der Waals surface area (Å²) >= 11 is 0. The van der Waals surface area contributed by atoms with Gasteiger partial charge < -0.3 is 24.8 Å². The van der Waals surface area contributed by atoms with Gasteiger partial charge in [0, 0.05) is 42.7 Å². The Morgan fingerprint density at radius 2 is 2.00 bits per heavy atom. The van der Waals surface area contributed by atoms with Crippen LogP contribution in [0.5, 0.6) is 11.5 Å². The maximum atomic E-state index is 13.9. The minimum absolute atomic E-state index is 0.0246. The van der Waals surface area contributed by atoms with E-state index in [1.807, 2.05) is 43.0 Å². The van der Waals surface area contributed by atoms with Gasteiger partial charge in [-0.05, 0) is 61.3 Å². The summed E-state index contributed by atoms with van der Waals surface area (Å²) in [7, 11) is 1.63. The van der Waals surface area contributed by atoms with Gasteiger partial charge >= 0.3 is 6.03 Å². The molecule has 0 spiro atoms. The van der Waals surface area contributed by atoms with Crippen LogP contribution < -0.4 is 4.74 Å². The third kappa shape index (κ3) is 4.22. The highest BCUT2D eigenvalue weighted by atomic mass is 16.5. The predicted molar refractivity (Wildman–Crippen MR) is 140 cm³/mol. The first kappa shape index (κ1) is 25.1. The number of nitrogens with zero attached hydrogens (tertiary/aromatic N) is 3. The second-order valence-electron chi connectivity index (χ2n) is 10.0. The standard InChI is InChI=1S/C28H34N4O5/c1-4-30(12-13-33)10-11-31-26(35)28(2)17-22-21-16-20(37-3)8-9-23(21)29-25(22)24(32(28)27(31)36)15-18-6-5-7-19(34)14-18/h5-9,14,16,24,29,33-34H,4,10-13,15,17H2,1-3H3/t24?,28-/m0/s1. The van der Waals surface area contributed by atoms with Crippen LogP contribution in [-0.2, 0) is 17.6 Å². The summed E-state index contributed by atoms with van der Waals surface area (Å²) in [6.07, 6.45) is 0.834. The molecule has 3 heterocycles. The van der Waals surface area contributed by atoms with Gasteiger partial charge in [0.1, 0.15) is 17.0 Å². The van der Waals surface area contributed by atoms with E-state index in [1.165, 1.54) is 4.90 Å². The summed E-state index contributed by atoms with van der Waals surface area (Å²) in [5, 5.41) is 20.4. The molecule has 3 N–H and O–H groups in total. The number of benzene rings is 2. The van der Waals surface area contributed by atoms with Crippen molar-refractivity contribution in [3.63, 3.8) is 0 Å². The minimum Gasteiger partial charge on any atom is -0.508 e. The molecule has 1 saturated heterocycles. The van der Waals surface area contributed by atoms with Gasteiger partial charge in [0.25, 0.3) is 5.91 Å². The lowest BCUT2D eigenvalue weighted by Gasteiger charge is -2.42. The SMILES string of the molecule is CCN(CCO)CCN1C(=O)N2C(Cc3cccc(O)c3)c3[nH]c4ccc(OC)cc4c3C[C@@]2(C)C1=O. The topological polar surface area (TPSA) is 109 Å². The normalized spacial score (nSPS) is 21.2. The van der Waals surface area contributed by atoms with Crippen LogP contribution in [0.1, 0.15) is 36.7 Å². The fourth-order valence-electron chi connectivity index (χ4n) is 5.89. The van der Waals surface area contributed by atoms with Crippen molar-refractivity contribution in [2.45, 2.75) is 38.3 Å². The van der Waals surface area contributed by atoms with E-state index in [-0.39, 0.29) is 30.8 Å². The maximum absolute atomic E-state index is 13.9. The summed E-state index contributed by atoms with van der Waals surface area (Å²) in [5.74, 6) is 0.679. The quantitative estimate of drug-likeness (QED) is 0.385. The van der Waals surface area contributed by atoms with Crippen molar-refractivity contribution < 1.29 is 24.5 Å². The number of aromatic amines is 1. The molecule has 2 atom stereocenters. The van der Waals surface area contributed by atoms with E-state index < -0.39 is 11.6 Å². The summed E-state index contributed by atoms with van der Waals surface area (Å²) in [6.45, 7) is 5.85. The second-order valence-corrected chi connectivity index (χ2v) is 10.0. The molecule has 9 heteroatoms. The zero-order chi connectivity index (χ0) is 26.3. The molecule has 0 radical (unpaired) electrons. The Hall–Kier alpha value is -3.56. The summed E-state index contributed by atoms with van der Waals surface area (Å²) in [4.78, 5) is 36.4. The Balaban J connectivity index is 1.58. The first-order valence-electron chi connectivity index (χ1n) is 12.8. The number of nitrogens with one attached hydrogen (secondary N) is 1. The third-order valence-electron chi connectivity index (χ3n) is 7.83. The number of aromatic hydroxyl groups is 1. The highest BCUT2D eigenvalue weighted by Gasteiger charge is 2.59. The van der Waals surface area contributed by atoms with E-state index in [4.69, 9.17) is 4.74 Å². The lowest BCUT2D eigenvalue weighted by molar-refractivity contribution is -0.133. The number of likely N-dealkylation sites (N-methyl/N-ethyl adjacent to an activating group) is 1. The molecule has 37 heavy (non-hydrogen) atoms. The second kappa shape index (κ2) is 9.72. The Labute approximate surface area is 216 Å². The number of carbonyl (C=O) groups excluding carboxylic acids is 2. The number of carbonyl (C=O) groups is 2. The van der Waals surface area contributed by atoms with Crippen molar-refractivity contribution >= 4 is 22.8 Å². The monoisotopic (exact) mass is 506 g/mol. The lowest BCUT2D eigenvalue weighted by atomic mass is 9.81. The van der Waals surface area contributed by atoms with Gasteiger partial charge in [0.05, 0.1) is 19.8 Å². The fraction of sp³-hybridized carbons (Fsp3) is 0.429. The number of aromatic nitrogens is 1. The number of hydrogen-bond acceptors (Lipinski definition) is 6. The number of urea groups is 1. The van der Waals surface area contributed by atoms with E-state index in [1.54, 1.807) is 30.2 Å². The number of phenols is 1. The fourth-order valence-corrected chi connectivity index (χ4v) is 5.89. The lowest BCUT2D eigenvalue weighted by Crippen LogP contribution is -2.53. The van der Waals surface area contributed by atoms with Crippen molar-refractivity contribution in [2.24, 2.45) is 0 Å². The van der Waals surface area contributed by atoms with Gasteiger partial charge in [0.15, 0.2) is 0 Å². The zero-order valence-corrected chi connectivity index (χ0v) is 21.5. The molecule has 5 rings (SSSR count). The van der Waals surface area contributed by atoms with Gasteiger partial charge in [-0.1, -0.05) is 19.1 Å². The molecule has 196 valence electrons. The van der Waals surface area contributed by atoms with E-state index >= 15 is 0 Å². The van der Waals surface area contributed by atoms with Crippen LogP contribution in [0.25, 0.3) is 10.9 Å². The van der Waals surface area contributed by atoms with Crippen molar-refractivity contribution in [3.05, 3.63) is 59.3 Å². The van der Waals surface area contributed by atoms with Crippen LogP contribution in [0.15, 0.2) is 42.5 Å². The number of phenolic OH excluding ortho intramolecular Hbond substituents is 1. The van der Waals surface area contributed by atoms with Crippen LogP contribution in [0.3, 0.4) is 0 Å². The molecule has 1 aromatic heterocycles. The molecule has 2 aliphatic heterocycles. The van der Waals surface area contributed by atoms with Crippen LogP contribution in [-0.4, -0.2) is 87.3 Å². The van der Waals surface area contributed by atoms with Crippen LogP contribution >= 0.6 is 0 Å². The minimum atomic E-state index is -1.04. The largest absolute Gasteiger partial charge is 0.508 e. The third-order valence-corrected chi connectivity index (χ3v) is 7.83. The highest BCUT2D eigenvalue weighted by molar-refractivity contribution is 6.08. The molecule has 3 aromatic rings. The maximum Gasteiger partial charge on any atom is 0.328 e. The van der Waals surface area contributed by atoms with Gasteiger partial charge in [0.2, 0.25) is 0 Å². The molecule has 2 aliphatic rings. The number of imide groups is 1. The average molecular weight is 507 g/mol. The number of aliphatic hydroxyl groups is 1. The molecule has 2 aromatic carbocycles. The Bertz CT molecular complexity index is 1340. The highest BCUT2D eigenvalue weighted by Crippen LogP contribution is 2.47. The number of fused-ring (bicyclic) bond motifs is 4. The molecule has 0 saturated carbocycles. The predicted octanol–water partition coefficient (Wildman–Crippen LogP) is 3.06. The zero-order valence-electron chi connectivity index (χ0n) is 21.5. The van der Waals surface area contributed by atoms with Crippen LogP contribution in [0, 0.1) is 0 Å². The van der Waals surface area contributed by atoms with E-state index in [2.05, 4.69) is 4.98 Å². The number of H-pyrrole nitrogens is 1.